The zero-order valence-corrected chi connectivity index (χ0v) is 30.9. The Labute approximate surface area is 312 Å². The van der Waals surface area contributed by atoms with E-state index < -0.39 is 17.7 Å². The van der Waals surface area contributed by atoms with E-state index in [2.05, 4.69) is 10.2 Å². The number of rotatable bonds is 12. The van der Waals surface area contributed by atoms with Crippen LogP contribution in [0.1, 0.15) is 74.6 Å². The van der Waals surface area contributed by atoms with E-state index >= 15 is 0 Å². The summed E-state index contributed by atoms with van der Waals surface area (Å²) in [6, 6.07) is 7.62. The molecule has 15 heteroatoms. The Balaban J connectivity index is 1.11. The Morgan fingerprint density at radius 3 is 2.56 bits per heavy atom. The Bertz CT molecular complexity index is 1980. The van der Waals surface area contributed by atoms with Crippen LogP contribution in [0.15, 0.2) is 29.1 Å². The van der Waals surface area contributed by atoms with Crippen LogP contribution in [-0.4, -0.2) is 103 Å². The van der Waals surface area contributed by atoms with Gasteiger partial charge < -0.3 is 43.4 Å². The number of amides is 2. The number of likely N-dealkylation sites (tertiary alicyclic amines) is 2. The van der Waals surface area contributed by atoms with Crippen molar-refractivity contribution in [2.45, 2.75) is 83.6 Å². The largest absolute Gasteiger partial charge is 0.509 e. The van der Waals surface area contributed by atoms with E-state index in [9.17, 15) is 24.0 Å². The smallest absolute Gasteiger partial charge is 0.457 e. The van der Waals surface area contributed by atoms with Gasteiger partial charge in [0.25, 0.3) is 5.56 Å². The molecule has 0 radical (unpaired) electrons. The second kappa shape index (κ2) is 16.1. The van der Waals surface area contributed by atoms with Gasteiger partial charge in [0.15, 0.2) is 0 Å². The van der Waals surface area contributed by atoms with Crippen LogP contribution in [0.3, 0.4) is 0 Å². The Morgan fingerprint density at radius 2 is 1.81 bits per heavy atom. The van der Waals surface area contributed by atoms with Gasteiger partial charge >= 0.3 is 18.2 Å². The predicted octanol–water partition coefficient (Wildman–Crippen LogP) is 4.01. The zero-order chi connectivity index (χ0) is 37.8. The van der Waals surface area contributed by atoms with Crippen molar-refractivity contribution in [2.75, 3.05) is 52.5 Å². The standard InChI is InChI=1S/C39H47N5O10/c1-3-27-28-20-26(53-37(48)43-15-10-25(11-16-43)42-13-6-5-7-14-42)8-9-32(28)41-34-29(27)22-44-33(34)21-31-30(35(44)46)23-52-36(47)39(31,4-2)54-38(49)51-19-18-50-17-12-40-24-45/h8-9,20-21,24-25H,3-7,10-19,22-23H2,1-2H3,(H,40,45)/t39-/m0/s1. The molecule has 0 aliphatic carbocycles. The summed E-state index contributed by atoms with van der Waals surface area (Å²) in [6.45, 7) is 7.70. The first-order chi connectivity index (χ1) is 26.3. The van der Waals surface area contributed by atoms with Crippen molar-refractivity contribution in [2.24, 2.45) is 0 Å². The number of pyridine rings is 2. The third-order valence-corrected chi connectivity index (χ3v) is 11.1. The van der Waals surface area contributed by atoms with E-state index in [-0.39, 0.29) is 62.2 Å². The van der Waals surface area contributed by atoms with Gasteiger partial charge in [-0.1, -0.05) is 20.3 Å². The number of ether oxygens (including phenoxy) is 5. The number of benzene rings is 1. The molecule has 1 atom stereocenters. The highest BCUT2D eigenvalue weighted by Crippen LogP contribution is 2.42. The minimum Gasteiger partial charge on any atom is -0.457 e. The third kappa shape index (κ3) is 7.14. The second-order valence-electron chi connectivity index (χ2n) is 14.1. The molecule has 2 fully saturated rings. The maximum Gasteiger partial charge on any atom is 0.509 e. The first kappa shape index (κ1) is 37.3. The lowest BCUT2D eigenvalue weighted by Crippen LogP contribution is -2.48. The van der Waals surface area contributed by atoms with Crippen molar-refractivity contribution in [3.05, 3.63) is 56.9 Å². The van der Waals surface area contributed by atoms with Gasteiger partial charge in [0.1, 0.15) is 19.0 Å². The number of aromatic nitrogens is 2. The van der Waals surface area contributed by atoms with Crippen LogP contribution in [0.4, 0.5) is 9.59 Å². The quantitative estimate of drug-likeness (QED) is 0.126. The highest BCUT2D eigenvalue weighted by molar-refractivity contribution is 5.91. The van der Waals surface area contributed by atoms with Crippen LogP contribution in [0.25, 0.3) is 22.3 Å². The summed E-state index contributed by atoms with van der Waals surface area (Å²) >= 11 is 0. The van der Waals surface area contributed by atoms with Crippen LogP contribution in [0, 0.1) is 0 Å². The lowest BCUT2D eigenvalue weighted by Gasteiger charge is -2.39. The monoisotopic (exact) mass is 745 g/mol. The number of cyclic esters (lactones) is 1. The maximum atomic E-state index is 14.1. The first-order valence-corrected chi connectivity index (χ1v) is 19.0. The predicted molar refractivity (Wildman–Crippen MR) is 195 cm³/mol. The van der Waals surface area contributed by atoms with Gasteiger partial charge in [0.05, 0.1) is 42.2 Å². The lowest BCUT2D eigenvalue weighted by molar-refractivity contribution is -0.175. The lowest BCUT2D eigenvalue weighted by atomic mass is 9.85. The van der Waals surface area contributed by atoms with Gasteiger partial charge in [-0.2, -0.15) is 0 Å². The number of aryl methyl sites for hydroxylation is 1. The van der Waals surface area contributed by atoms with Gasteiger partial charge in [0, 0.05) is 42.2 Å². The van der Waals surface area contributed by atoms with Gasteiger partial charge in [-0.15, -0.1) is 0 Å². The summed E-state index contributed by atoms with van der Waals surface area (Å²) in [5, 5.41) is 3.29. The van der Waals surface area contributed by atoms with E-state index in [1.807, 2.05) is 19.1 Å². The van der Waals surface area contributed by atoms with E-state index in [0.29, 0.717) is 61.2 Å². The van der Waals surface area contributed by atoms with Crippen LogP contribution in [0.2, 0.25) is 0 Å². The molecule has 2 saturated heterocycles. The summed E-state index contributed by atoms with van der Waals surface area (Å²) in [5.74, 6) is -0.374. The van der Waals surface area contributed by atoms with Crippen molar-refractivity contribution in [3.8, 4) is 17.1 Å². The molecular formula is C39H47N5O10. The third-order valence-electron chi connectivity index (χ3n) is 11.1. The van der Waals surface area contributed by atoms with Crippen molar-refractivity contribution >= 4 is 35.5 Å². The molecule has 0 bridgehead atoms. The molecule has 1 N–H and O–H groups in total. The average Bonchev–Trinajstić information content (AvgIpc) is 3.56. The summed E-state index contributed by atoms with van der Waals surface area (Å²) in [6.07, 6.45) is 5.37. The molecule has 2 amide bonds. The number of nitrogens with zero attached hydrogens (tertiary/aromatic N) is 4. The molecule has 2 aromatic heterocycles. The normalized spacial score (nSPS) is 19.7. The number of hydrogen-bond donors (Lipinski definition) is 1. The fourth-order valence-corrected chi connectivity index (χ4v) is 8.28. The van der Waals surface area contributed by atoms with E-state index in [1.54, 1.807) is 28.5 Å². The summed E-state index contributed by atoms with van der Waals surface area (Å²) in [5.41, 5.74) is 1.73. The molecule has 15 nitrogen and oxygen atoms in total. The Kier molecular flexibility index (Phi) is 11.2. The molecule has 3 aromatic rings. The number of carbonyl (C=O) groups excluding carboxylic acids is 4. The SMILES string of the molecule is CCc1c2c(nc3ccc(OC(=O)N4CCC(N5CCCCC5)CC4)cc13)-c1cc3c(c(=O)n1C2)COC(=O)[C@@]3(CC)OC(=O)OCCOCCNC=O. The number of hydrogen-bond acceptors (Lipinski definition) is 12. The second-order valence-corrected chi connectivity index (χ2v) is 14.1. The van der Waals surface area contributed by atoms with Crippen molar-refractivity contribution in [1.29, 1.82) is 0 Å². The molecule has 6 heterocycles. The number of nitrogens with one attached hydrogen (secondary N) is 1. The van der Waals surface area contributed by atoms with Crippen LogP contribution in [0.5, 0.6) is 5.75 Å². The van der Waals surface area contributed by atoms with Gasteiger partial charge in [0.2, 0.25) is 12.0 Å². The molecule has 54 heavy (non-hydrogen) atoms. The molecule has 0 unspecified atom stereocenters. The number of fused-ring (bicyclic) bond motifs is 5. The van der Waals surface area contributed by atoms with Crippen LogP contribution >= 0.6 is 0 Å². The highest BCUT2D eigenvalue weighted by atomic mass is 16.7. The average molecular weight is 746 g/mol. The molecule has 1 aromatic carbocycles. The molecular weight excluding hydrogens is 698 g/mol. The highest BCUT2D eigenvalue weighted by Gasteiger charge is 2.51. The number of carbonyl (C=O) groups is 4. The minimum absolute atomic E-state index is 0.0130. The van der Waals surface area contributed by atoms with Gasteiger partial charge in [-0.3, -0.25) is 9.59 Å². The molecule has 4 aliphatic heterocycles. The summed E-state index contributed by atoms with van der Waals surface area (Å²) in [7, 11) is 0. The van der Waals surface area contributed by atoms with Crippen LogP contribution in [-0.2, 0) is 53.7 Å². The van der Waals surface area contributed by atoms with Crippen molar-refractivity contribution in [3.63, 3.8) is 0 Å². The zero-order valence-electron chi connectivity index (χ0n) is 30.9. The topological polar surface area (TPSA) is 168 Å². The number of esters is 1. The Hall–Kier alpha value is -5.02. The molecule has 288 valence electrons. The number of piperidine rings is 2. The molecule has 0 saturated carbocycles. The molecule has 0 spiro atoms. The van der Waals surface area contributed by atoms with Crippen molar-refractivity contribution in [1.82, 2.24) is 24.7 Å². The Morgan fingerprint density at radius 1 is 1.02 bits per heavy atom. The van der Waals surface area contributed by atoms with Gasteiger partial charge in [-0.05, 0) is 81.4 Å². The fourth-order valence-electron chi connectivity index (χ4n) is 8.28. The van der Waals surface area contributed by atoms with E-state index in [1.165, 1.54) is 19.3 Å². The maximum absolute atomic E-state index is 14.1. The minimum atomic E-state index is -1.91. The van der Waals surface area contributed by atoms with E-state index in [4.69, 9.17) is 28.7 Å². The fraction of sp³-hybridized carbons (Fsp3) is 0.538. The summed E-state index contributed by atoms with van der Waals surface area (Å²) < 4.78 is 29.1. The van der Waals surface area contributed by atoms with E-state index in [0.717, 1.165) is 42.4 Å². The van der Waals surface area contributed by atoms with Gasteiger partial charge in [-0.25, -0.2) is 19.4 Å². The van der Waals surface area contributed by atoms with Crippen molar-refractivity contribution < 1.29 is 42.9 Å². The molecule has 4 aliphatic rings. The first-order valence-electron chi connectivity index (χ1n) is 19.0. The summed E-state index contributed by atoms with van der Waals surface area (Å²) in [4.78, 5) is 73.3. The molecule has 7 rings (SSSR count). The van der Waals surface area contributed by atoms with Crippen LogP contribution < -0.4 is 15.6 Å².